The van der Waals surface area contributed by atoms with Crippen molar-refractivity contribution in [3.05, 3.63) is 11.3 Å². The molecule has 0 saturated heterocycles. The van der Waals surface area contributed by atoms with Crippen LogP contribution in [0, 0.1) is 5.92 Å². The largest absolute Gasteiger partial charge is 0.366 e. The van der Waals surface area contributed by atoms with Crippen LogP contribution < -0.4 is 5.32 Å². The minimum atomic E-state index is 0.708. The molecule has 1 unspecified atom stereocenters. The zero-order valence-electron chi connectivity index (χ0n) is 8.64. The van der Waals surface area contributed by atoms with Crippen LogP contribution in [0.1, 0.15) is 37.4 Å². The number of aromatic amines is 1. The van der Waals surface area contributed by atoms with Crippen LogP contribution in [0.15, 0.2) is 0 Å². The van der Waals surface area contributed by atoms with Crippen molar-refractivity contribution < 1.29 is 0 Å². The lowest BCUT2D eigenvalue weighted by atomic mass is 9.89. The van der Waals surface area contributed by atoms with Gasteiger partial charge in [-0.25, -0.2) is 0 Å². The van der Waals surface area contributed by atoms with E-state index in [1.165, 1.54) is 43.4 Å². The topological polar surface area (TPSA) is 40.7 Å². The van der Waals surface area contributed by atoms with Gasteiger partial charge in [-0.05, 0) is 38.0 Å². The first kappa shape index (κ1) is 8.33. The summed E-state index contributed by atoms with van der Waals surface area (Å²) < 4.78 is 0. The molecule has 3 nitrogen and oxygen atoms in total. The van der Waals surface area contributed by atoms with E-state index < -0.39 is 0 Å². The van der Waals surface area contributed by atoms with Crippen LogP contribution in [0.4, 0.5) is 5.82 Å². The van der Waals surface area contributed by atoms with E-state index in [9.17, 15) is 0 Å². The Morgan fingerprint density at radius 3 is 3.00 bits per heavy atom. The maximum Gasteiger partial charge on any atom is 0.151 e. The standard InChI is InChI=1S/C11H17N3/c1-7-2-5-10-9(6-7)11(14-13-10)12-8-3-4-8/h7-8H,2-6H2,1H3,(H2,12,13,14). The lowest BCUT2D eigenvalue weighted by molar-refractivity contribution is 0.498. The molecule has 2 aliphatic carbocycles. The van der Waals surface area contributed by atoms with Crippen molar-refractivity contribution in [3.8, 4) is 0 Å². The zero-order valence-corrected chi connectivity index (χ0v) is 8.64. The second-order valence-corrected chi connectivity index (χ2v) is 4.80. The molecule has 1 aromatic rings. The molecule has 1 atom stereocenters. The Hall–Kier alpha value is -0.990. The number of nitrogens with zero attached hydrogens (tertiary/aromatic N) is 1. The predicted octanol–water partition coefficient (Wildman–Crippen LogP) is 2.11. The Balaban J connectivity index is 1.85. The van der Waals surface area contributed by atoms with Gasteiger partial charge in [0, 0.05) is 17.3 Å². The van der Waals surface area contributed by atoms with Gasteiger partial charge in [-0.3, -0.25) is 5.10 Å². The summed E-state index contributed by atoms with van der Waals surface area (Å²) in [5, 5.41) is 11.0. The summed E-state index contributed by atoms with van der Waals surface area (Å²) in [6.07, 6.45) is 6.31. The van der Waals surface area contributed by atoms with E-state index in [0.717, 1.165) is 11.7 Å². The first-order chi connectivity index (χ1) is 6.83. The molecule has 1 fully saturated rings. The third-order valence-corrected chi connectivity index (χ3v) is 3.31. The Morgan fingerprint density at radius 1 is 1.36 bits per heavy atom. The highest BCUT2D eigenvalue weighted by Gasteiger charge is 2.26. The van der Waals surface area contributed by atoms with Gasteiger partial charge in [-0.1, -0.05) is 6.92 Å². The van der Waals surface area contributed by atoms with Crippen LogP contribution in [0.5, 0.6) is 0 Å². The first-order valence-electron chi connectivity index (χ1n) is 5.65. The fourth-order valence-electron chi connectivity index (χ4n) is 2.21. The molecule has 14 heavy (non-hydrogen) atoms. The third kappa shape index (κ3) is 1.41. The monoisotopic (exact) mass is 191 g/mol. The number of aromatic nitrogens is 2. The number of anilines is 1. The quantitative estimate of drug-likeness (QED) is 0.751. The first-order valence-corrected chi connectivity index (χ1v) is 5.65. The normalized spacial score (nSPS) is 25.9. The molecule has 2 aliphatic rings. The second-order valence-electron chi connectivity index (χ2n) is 4.80. The van der Waals surface area contributed by atoms with Gasteiger partial charge in [-0.2, -0.15) is 5.10 Å². The van der Waals surface area contributed by atoms with Crippen molar-refractivity contribution in [2.45, 2.75) is 45.1 Å². The summed E-state index contributed by atoms with van der Waals surface area (Å²) in [5.74, 6) is 1.95. The molecule has 2 N–H and O–H groups in total. The van der Waals surface area contributed by atoms with Gasteiger partial charge >= 0.3 is 0 Å². The lowest BCUT2D eigenvalue weighted by Gasteiger charge is -2.18. The Bertz CT molecular complexity index is 338. The molecule has 0 aromatic carbocycles. The SMILES string of the molecule is CC1CCc2[nH]nc(NC3CC3)c2C1. The summed E-state index contributed by atoms with van der Waals surface area (Å²) >= 11 is 0. The van der Waals surface area contributed by atoms with Crippen molar-refractivity contribution in [1.82, 2.24) is 10.2 Å². The van der Waals surface area contributed by atoms with Gasteiger partial charge in [-0.15, -0.1) is 0 Å². The highest BCUT2D eigenvalue weighted by molar-refractivity contribution is 5.49. The second kappa shape index (κ2) is 3.01. The molecule has 0 aliphatic heterocycles. The van der Waals surface area contributed by atoms with Gasteiger partial charge in [0.15, 0.2) is 5.82 Å². The summed E-state index contributed by atoms with van der Waals surface area (Å²) in [5.41, 5.74) is 2.82. The highest BCUT2D eigenvalue weighted by atomic mass is 15.2. The average Bonchev–Trinajstić information content (AvgIpc) is 2.90. The van der Waals surface area contributed by atoms with Gasteiger partial charge in [0.05, 0.1) is 0 Å². The predicted molar refractivity (Wildman–Crippen MR) is 56.4 cm³/mol. The smallest absolute Gasteiger partial charge is 0.151 e. The molecule has 1 aromatic heterocycles. The van der Waals surface area contributed by atoms with E-state index in [0.29, 0.717) is 6.04 Å². The molecule has 0 amide bonds. The van der Waals surface area contributed by atoms with Gasteiger partial charge in [0.1, 0.15) is 0 Å². The minimum Gasteiger partial charge on any atom is -0.366 e. The average molecular weight is 191 g/mol. The van der Waals surface area contributed by atoms with Gasteiger partial charge in [0.25, 0.3) is 0 Å². The van der Waals surface area contributed by atoms with E-state index >= 15 is 0 Å². The van der Waals surface area contributed by atoms with Crippen LogP contribution in [-0.4, -0.2) is 16.2 Å². The Labute approximate surface area is 84.3 Å². The summed E-state index contributed by atoms with van der Waals surface area (Å²) in [6.45, 7) is 2.33. The highest BCUT2D eigenvalue weighted by Crippen LogP contribution is 2.31. The van der Waals surface area contributed by atoms with Crippen LogP contribution in [0.2, 0.25) is 0 Å². The van der Waals surface area contributed by atoms with Crippen LogP contribution in [0.25, 0.3) is 0 Å². The van der Waals surface area contributed by atoms with Gasteiger partial charge < -0.3 is 5.32 Å². The van der Waals surface area contributed by atoms with E-state index in [1.54, 1.807) is 0 Å². The van der Waals surface area contributed by atoms with E-state index in [2.05, 4.69) is 22.4 Å². The van der Waals surface area contributed by atoms with Crippen molar-refractivity contribution in [1.29, 1.82) is 0 Å². The molecule has 76 valence electrons. The lowest BCUT2D eigenvalue weighted by Crippen LogP contribution is -2.12. The summed E-state index contributed by atoms with van der Waals surface area (Å²) in [6, 6.07) is 0.708. The van der Waals surface area contributed by atoms with Crippen molar-refractivity contribution in [2.75, 3.05) is 5.32 Å². The number of nitrogens with one attached hydrogen (secondary N) is 2. The minimum absolute atomic E-state index is 0.708. The molecule has 3 rings (SSSR count). The van der Waals surface area contributed by atoms with E-state index in [1.807, 2.05) is 0 Å². The molecule has 0 spiro atoms. The number of fused-ring (bicyclic) bond motifs is 1. The third-order valence-electron chi connectivity index (χ3n) is 3.31. The zero-order chi connectivity index (χ0) is 9.54. The number of aryl methyl sites for hydroxylation is 1. The molecule has 1 saturated carbocycles. The molecular formula is C11H17N3. The number of rotatable bonds is 2. The maximum atomic E-state index is 4.38. The summed E-state index contributed by atoms with van der Waals surface area (Å²) in [4.78, 5) is 0. The van der Waals surface area contributed by atoms with Crippen molar-refractivity contribution in [2.24, 2.45) is 5.92 Å². The molecule has 0 bridgehead atoms. The maximum absolute atomic E-state index is 4.38. The van der Waals surface area contributed by atoms with Crippen LogP contribution in [-0.2, 0) is 12.8 Å². The summed E-state index contributed by atoms with van der Waals surface area (Å²) in [7, 11) is 0. The number of hydrogen-bond acceptors (Lipinski definition) is 2. The molecule has 1 heterocycles. The fourth-order valence-corrected chi connectivity index (χ4v) is 2.21. The van der Waals surface area contributed by atoms with Crippen LogP contribution >= 0.6 is 0 Å². The van der Waals surface area contributed by atoms with Crippen molar-refractivity contribution >= 4 is 5.82 Å². The molecular weight excluding hydrogens is 174 g/mol. The Kier molecular flexibility index (Phi) is 1.79. The van der Waals surface area contributed by atoms with E-state index in [-0.39, 0.29) is 0 Å². The number of H-pyrrole nitrogens is 1. The van der Waals surface area contributed by atoms with Gasteiger partial charge in [0.2, 0.25) is 0 Å². The molecule has 0 radical (unpaired) electrons. The van der Waals surface area contributed by atoms with Crippen molar-refractivity contribution in [3.63, 3.8) is 0 Å². The fraction of sp³-hybridized carbons (Fsp3) is 0.727. The van der Waals surface area contributed by atoms with Crippen LogP contribution in [0.3, 0.4) is 0 Å². The molecule has 3 heteroatoms. The Morgan fingerprint density at radius 2 is 2.21 bits per heavy atom. The number of hydrogen-bond donors (Lipinski definition) is 2. The van der Waals surface area contributed by atoms with E-state index in [4.69, 9.17) is 0 Å².